The molecule has 1 unspecified atom stereocenters. The Labute approximate surface area is 78.3 Å². The molecule has 0 bridgehead atoms. The van der Waals surface area contributed by atoms with Crippen LogP contribution < -0.4 is 5.32 Å². The lowest BCUT2D eigenvalue weighted by molar-refractivity contribution is -0.136. The van der Waals surface area contributed by atoms with Crippen molar-refractivity contribution in [3.8, 4) is 0 Å². The zero-order valence-electron chi connectivity index (χ0n) is 7.79. The third-order valence-corrected chi connectivity index (χ3v) is 2.20. The van der Waals surface area contributed by atoms with Crippen molar-refractivity contribution in [1.29, 1.82) is 0 Å². The maximum Gasteiger partial charge on any atom is 0.304 e. The molecule has 1 rings (SSSR count). The fourth-order valence-corrected chi connectivity index (χ4v) is 1.47. The minimum atomic E-state index is -0.743. The van der Waals surface area contributed by atoms with E-state index in [1.165, 1.54) is 6.42 Å². The minimum absolute atomic E-state index is 0.202. The summed E-state index contributed by atoms with van der Waals surface area (Å²) in [6, 6.07) is 0. The predicted molar refractivity (Wildman–Crippen MR) is 48.7 cm³/mol. The second kappa shape index (κ2) is 5.94. The Kier molecular flexibility index (Phi) is 4.78. The van der Waals surface area contributed by atoms with E-state index in [1.807, 2.05) is 0 Å². The van der Waals surface area contributed by atoms with Gasteiger partial charge in [-0.05, 0) is 18.8 Å². The Hall–Kier alpha value is -0.610. The molecule has 1 aliphatic rings. The topological polar surface area (TPSA) is 58.6 Å². The molecule has 0 aliphatic carbocycles. The molecule has 1 atom stereocenters. The van der Waals surface area contributed by atoms with Gasteiger partial charge in [0.25, 0.3) is 0 Å². The molecule has 1 aliphatic heterocycles. The van der Waals surface area contributed by atoms with Gasteiger partial charge in [0.2, 0.25) is 0 Å². The van der Waals surface area contributed by atoms with Crippen LogP contribution in [0.5, 0.6) is 0 Å². The zero-order chi connectivity index (χ0) is 9.52. The van der Waals surface area contributed by atoms with Gasteiger partial charge in [-0.25, -0.2) is 0 Å². The highest BCUT2D eigenvalue weighted by Gasteiger charge is 2.12. The second-order valence-corrected chi connectivity index (χ2v) is 3.43. The number of carboxylic acid groups (broad SMARTS) is 1. The van der Waals surface area contributed by atoms with Crippen LogP contribution in [0.2, 0.25) is 0 Å². The average molecular weight is 187 g/mol. The molecule has 2 N–H and O–H groups in total. The first-order chi connectivity index (χ1) is 6.29. The van der Waals surface area contributed by atoms with E-state index >= 15 is 0 Å². The molecular formula is C9H17NO3. The first-order valence-corrected chi connectivity index (χ1v) is 4.79. The number of carbonyl (C=O) groups is 1. The Bertz CT molecular complexity index is 155. The standard InChI is InChI=1S/C9H17NO3/c11-9(12)3-4-10-6-8-2-1-5-13-7-8/h8,10H,1-7H2,(H,11,12). The number of nitrogens with one attached hydrogen (secondary N) is 1. The van der Waals surface area contributed by atoms with Crippen LogP contribution in [0.4, 0.5) is 0 Å². The Morgan fingerprint density at radius 1 is 1.62 bits per heavy atom. The molecule has 0 spiro atoms. The van der Waals surface area contributed by atoms with Crippen LogP contribution in [0.25, 0.3) is 0 Å². The number of rotatable bonds is 5. The number of hydrogen-bond acceptors (Lipinski definition) is 3. The van der Waals surface area contributed by atoms with Crippen molar-refractivity contribution >= 4 is 5.97 Å². The molecule has 13 heavy (non-hydrogen) atoms. The Morgan fingerprint density at radius 2 is 2.46 bits per heavy atom. The fraction of sp³-hybridized carbons (Fsp3) is 0.889. The van der Waals surface area contributed by atoms with Crippen molar-refractivity contribution < 1.29 is 14.6 Å². The highest BCUT2D eigenvalue weighted by atomic mass is 16.5. The molecule has 0 radical (unpaired) electrons. The van der Waals surface area contributed by atoms with Crippen molar-refractivity contribution in [3.63, 3.8) is 0 Å². The van der Waals surface area contributed by atoms with Gasteiger partial charge in [-0.3, -0.25) is 4.79 Å². The van der Waals surface area contributed by atoms with Crippen molar-refractivity contribution in [2.75, 3.05) is 26.3 Å². The van der Waals surface area contributed by atoms with E-state index < -0.39 is 5.97 Å². The second-order valence-electron chi connectivity index (χ2n) is 3.43. The van der Waals surface area contributed by atoms with Gasteiger partial charge in [0.05, 0.1) is 13.0 Å². The molecule has 4 nitrogen and oxygen atoms in total. The van der Waals surface area contributed by atoms with E-state index in [0.29, 0.717) is 12.5 Å². The van der Waals surface area contributed by atoms with Crippen molar-refractivity contribution in [2.24, 2.45) is 5.92 Å². The molecule has 1 heterocycles. The molecule has 4 heteroatoms. The molecule has 0 aromatic rings. The van der Waals surface area contributed by atoms with Gasteiger partial charge in [0, 0.05) is 19.7 Å². The predicted octanol–water partition coefficient (Wildman–Crippen LogP) is 0.477. The SMILES string of the molecule is O=C(O)CCNCC1CCCOC1. The summed E-state index contributed by atoms with van der Waals surface area (Å²) >= 11 is 0. The molecule has 0 saturated carbocycles. The molecule has 1 saturated heterocycles. The summed E-state index contributed by atoms with van der Waals surface area (Å²) in [5.41, 5.74) is 0. The molecule has 76 valence electrons. The normalized spacial score (nSPS) is 22.9. The van der Waals surface area contributed by atoms with Crippen LogP contribution in [0.15, 0.2) is 0 Å². The summed E-state index contributed by atoms with van der Waals surface area (Å²) in [4.78, 5) is 10.2. The van der Waals surface area contributed by atoms with E-state index in [0.717, 1.165) is 26.2 Å². The zero-order valence-corrected chi connectivity index (χ0v) is 7.79. The minimum Gasteiger partial charge on any atom is -0.481 e. The van der Waals surface area contributed by atoms with Crippen molar-refractivity contribution in [2.45, 2.75) is 19.3 Å². The highest BCUT2D eigenvalue weighted by Crippen LogP contribution is 2.11. The summed E-state index contributed by atoms with van der Waals surface area (Å²) in [5, 5.41) is 11.5. The van der Waals surface area contributed by atoms with Gasteiger partial charge < -0.3 is 15.2 Å². The fourth-order valence-electron chi connectivity index (χ4n) is 1.47. The monoisotopic (exact) mass is 187 g/mol. The lowest BCUT2D eigenvalue weighted by Crippen LogP contribution is -2.30. The van der Waals surface area contributed by atoms with E-state index in [2.05, 4.69) is 5.32 Å². The van der Waals surface area contributed by atoms with E-state index in [9.17, 15) is 4.79 Å². The third kappa shape index (κ3) is 4.85. The summed E-state index contributed by atoms with van der Waals surface area (Å²) < 4.78 is 5.30. The molecule has 1 fully saturated rings. The van der Waals surface area contributed by atoms with Crippen molar-refractivity contribution in [1.82, 2.24) is 5.32 Å². The molecule has 0 aromatic carbocycles. The highest BCUT2D eigenvalue weighted by molar-refractivity contribution is 5.66. The van der Waals surface area contributed by atoms with E-state index in [4.69, 9.17) is 9.84 Å². The maximum atomic E-state index is 10.2. The number of ether oxygens (including phenoxy) is 1. The first kappa shape index (κ1) is 10.5. The van der Waals surface area contributed by atoms with E-state index in [1.54, 1.807) is 0 Å². The third-order valence-electron chi connectivity index (χ3n) is 2.20. The average Bonchev–Trinajstić information content (AvgIpc) is 2.14. The summed E-state index contributed by atoms with van der Waals surface area (Å²) in [7, 11) is 0. The summed E-state index contributed by atoms with van der Waals surface area (Å²) in [5.74, 6) is -0.171. The van der Waals surface area contributed by atoms with E-state index in [-0.39, 0.29) is 6.42 Å². The smallest absolute Gasteiger partial charge is 0.304 e. The van der Waals surface area contributed by atoms with Gasteiger partial charge >= 0.3 is 5.97 Å². The maximum absolute atomic E-state index is 10.2. The van der Waals surface area contributed by atoms with Gasteiger partial charge in [-0.1, -0.05) is 0 Å². The summed E-state index contributed by atoms with van der Waals surface area (Å²) in [6.07, 6.45) is 2.53. The first-order valence-electron chi connectivity index (χ1n) is 4.79. The van der Waals surface area contributed by atoms with Gasteiger partial charge in [0.15, 0.2) is 0 Å². The molecule has 0 amide bonds. The lowest BCUT2D eigenvalue weighted by Gasteiger charge is -2.22. The van der Waals surface area contributed by atoms with Crippen LogP contribution in [0.1, 0.15) is 19.3 Å². The molecular weight excluding hydrogens is 170 g/mol. The Balaban J connectivity index is 1.95. The van der Waals surface area contributed by atoms with Crippen molar-refractivity contribution in [3.05, 3.63) is 0 Å². The number of hydrogen-bond donors (Lipinski definition) is 2. The Morgan fingerprint density at radius 3 is 3.08 bits per heavy atom. The lowest BCUT2D eigenvalue weighted by atomic mass is 10.0. The van der Waals surface area contributed by atoms with Gasteiger partial charge in [0.1, 0.15) is 0 Å². The number of carboxylic acids is 1. The summed E-state index contributed by atoms with van der Waals surface area (Å²) in [6.45, 7) is 3.14. The van der Waals surface area contributed by atoms with Crippen LogP contribution in [0.3, 0.4) is 0 Å². The largest absolute Gasteiger partial charge is 0.481 e. The van der Waals surface area contributed by atoms with Gasteiger partial charge in [-0.15, -0.1) is 0 Å². The number of aliphatic carboxylic acids is 1. The van der Waals surface area contributed by atoms with Crippen LogP contribution in [-0.2, 0) is 9.53 Å². The quantitative estimate of drug-likeness (QED) is 0.614. The van der Waals surface area contributed by atoms with Crippen LogP contribution >= 0.6 is 0 Å². The van der Waals surface area contributed by atoms with Crippen LogP contribution in [-0.4, -0.2) is 37.4 Å². The molecule has 0 aromatic heterocycles. The van der Waals surface area contributed by atoms with Crippen LogP contribution in [0, 0.1) is 5.92 Å². The van der Waals surface area contributed by atoms with Gasteiger partial charge in [-0.2, -0.15) is 0 Å².